The first-order valence-electron chi connectivity index (χ1n) is 6.62. The van der Waals surface area contributed by atoms with Gasteiger partial charge in [0, 0.05) is 18.2 Å². The molecular weight excluding hydrogens is 274 g/mol. The highest BCUT2D eigenvalue weighted by atomic mass is 16.5. The van der Waals surface area contributed by atoms with E-state index in [1.54, 1.807) is 19.1 Å². The second-order valence-electron chi connectivity index (χ2n) is 4.84. The predicted molar refractivity (Wildman–Crippen MR) is 76.2 cm³/mol. The zero-order valence-corrected chi connectivity index (χ0v) is 12.3. The van der Waals surface area contributed by atoms with Crippen molar-refractivity contribution in [3.8, 4) is 0 Å². The lowest BCUT2D eigenvalue weighted by Gasteiger charge is -2.12. The lowest BCUT2D eigenvalue weighted by Crippen LogP contribution is -2.32. The van der Waals surface area contributed by atoms with E-state index >= 15 is 0 Å². The van der Waals surface area contributed by atoms with Gasteiger partial charge in [-0.3, -0.25) is 19.3 Å². The van der Waals surface area contributed by atoms with Crippen LogP contribution in [0.4, 0.5) is 0 Å². The summed E-state index contributed by atoms with van der Waals surface area (Å²) in [4.78, 5) is 34.9. The molecule has 0 saturated carbocycles. The largest absolute Gasteiger partial charge is 0.496 e. The molecule has 0 aromatic heterocycles. The Bertz CT molecular complexity index is 528. The summed E-state index contributed by atoms with van der Waals surface area (Å²) in [5, 5.41) is 8.58. The summed E-state index contributed by atoms with van der Waals surface area (Å²) in [7, 11) is 0. The molecule has 1 aliphatic rings. The van der Waals surface area contributed by atoms with Crippen molar-refractivity contribution in [3.63, 3.8) is 0 Å². The second-order valence-corrected chi connectivity index (χ2v) is 4.84. The first-order valence-corrected chi connectivity index (χ1v) is 6.62. The number of allylic oxidation sites excluding steroid dienone is 3. The molecule has 1 heterocycles. The molecule has 21 heavy (non-hydrogen) atoms. The third-order valence-corrected chi connectivity index (χ3v) is 2.61. The Labute approximate surface area is 123 Å². The number of hydrogen-bond acceptors (Lipinski definition) is 4. The number of rotatable bonds is 7. The minimum atomic E-state index is -1.05. The number of hydrogen-bond donors (Lipinski definition) is 1. The van der Waals surface area contributed by atoms with Gasteiger partial charge in [0.1, 0.15) is 0 Å². The van der Waals surface area contributed by atoms with Gasteiger partial charge in [-0.2, -0.15) is 0 Å². The lowest BCUT2D eigenvalue weighted by molar-refractivity contribution is -0.140. The van der Waals surface area contributed by atoms with E-state index in [0.29, 0.717) is 5.76 Å². The maximum Gasteiger partial charge on any atom is 0.305 e. The fraction of sp³-hybridized carbons (Fsp3) is 0.400. The van der Waals surface area contributed by atoms with Crippen LogP contribution in [0.2, 0.25) is 0 Å². The van der Waals surface area contributed by atoms with Crippen molar-refractivity contribution in [2.75, 3.05) is 6.54 Å². The molecule has 0 bridgehead atoms. The van der Waals surface area contributed by atoms with Crippen LogP contribution in [0, 0.1) is 0 Å². The van der Waals surface area contributed by atoms with E-state index < -0.39 is 17.8 Å². The van der Waals surface area contributed by atoms with Crippen LogP contribution >= 0.6 is 0 Å². The van der Waals surface area contributed by atoms with E-state index in [4.69, 9.17) is 9.84 Å². The molecule has 2 amide bonds. The molecule has 0 aliphatic carbocycles. The van der Waals surface area contributed by atoms with E-state index in [0.717, 1.165) is 4.90 Å². The van der Waals surface area contributed by atoms with Gasteiger partial charge in [0.2, 0.25) is 0 Å². The maximum absolute atomic E-state index is 11.9. The first-order chi connectivity index (χ1) is 9.81. The number of carboxylic acids is 1. The summed E-state index contributed by atoms with van der Waals surface area (Å²) < 4.78 is 5.41. The molecule has 0 spiro atoms. The Morgan fingerprint density at radius 2 is 2.10 bits per heavy atom. The van der Waals surface area contributed by atoms with Gasteiger partial charge in [0.25, 0.3) is 11.8 Å². The van der Waals surface area contributed by atoms with Gasteiger partial charge in [-0.15, -0.1) is 0 Å². The third kappa shape index (κ3) is 5.25. The van der Waals surface area contributed by atoms with Crippen LogP contribution < -0.4 is 0 Å². The van der Waals surface area contributed by atoms with Gasteiger partial charge >= 0.3 is 5.97 Å². The van der Waals surface area contributed by atoms with E-state index in [1.807, 2.05) is 13.8 Å². The fourth-order valence-electron chi connectivity index (χ4n) is 1.77. The molecule has 1 N–H and O–H groups in total. The Kier molecular flexibility index (Phi) is 5.90. The van der Waals surface area contributed by atoms with Gasteiger partial charge in [-0.05, 0) is 32.9 Å². The maximum atomic E-state index is 11.9. The van der Waals surface area contributed by atoms with Crippen molar-refractivity contribution in [2.45, 2.75) is 33.3 Å². The number of nitrogens with zero attached hydrogens (tertiary/aromatic N) is 1. The standard InChI is InChI=1S/C15H19NO5/c1-10(2)21-11(3)5-4-6-12-9-13(17)16(15(12)20)8-7-14(18)19/h4-6,9-10H,7-8H2,1-3H3,(H,18,19)/b6-4-,11-5+. The van der Waals surface area contributed by atoms with Crippen molar-refractivity contribution < 1.29 is 24.2 Å². The highest BCUT2D eigenvalue weighted by Gasteiger charge is 2.29. The van der Waals surface area contributed by atoms with Gasteiger partial charge < -0.3 is 9.84 Å². The Morgan fingerprint density at radius 3 is 2.67 bits per heavy atom. The van der Waals surface area contributed by atoms with Crippen LogP contribution in [-0.4, -0.2) is 40.4 Å². The molecule has 0 unspecified atom stereocenters. The molecule has 114 valence electrons. The van der Waals surface area contributed by atoms with Crippen molar-refractivity contribution in [1.82, 2.24) is 4.90 Å². The Morgan fingerprint density at radius 1 is 1.43 bits per heavy atom. The Balaban J connectivity index is 2.65. The summed E-state index contributed by atoms with van der Waals surface area (Å²) >= 11 is 0. The van der Waals surface area contributed by atoms with Crippen LogP contribution in [0.3, 0.4) is 0 Å². The lowest BCUT2D eigenvalue weighted by atomic mass is 10.2. The molecule has 0 fully saturated rings. The number of amides is 2. The summed E-state index contributed by atoms with van der Waals surface area (Å²) in [6.45, 7) is 5.48. The zero-order chi connectivity index (χ0) is 16.0. The molecule has 1 aliphatic heterocycles. The minimum absolute atomic E-state index is 0.0649. The van der Waals surface area contributed by atoms with Crippen molar-refractivity contribution in [3.05, 3.63) is 35.6 Å². The Hall–Kier alpha value is -2.37. The third-order valence-electron chi connectivity index (χ3n) is 2.61. The summed E-state index contributed by atoms with van der Waals surface area (Å²) in [5.41, 5.74) is 0.235. The van der Waals surface area contributed by atoms with Gasteiger partial charge in [0.05, 0.1) is 18.3 Å². The van der Waals surface area contributed by atoms with Crippen LogP contribution in [-0.2, 0) is 19.1 Å². The molecule has 0 aromatic rings. The number of aliphatic carboxylic acids is 1. The topological polar surface area (TPSA) is 83.9 Å². The van der Waals surface area contributed by atoms with Crippen molar-refractivity contribution in [1.29, 1.82) is 0 Å². The van der Waals surface area contributed by atoms with Gasteiger partial charge in [-0.25, -0.2) is 0 Å². The molecule has 0 aromatic carbocycles. The quantitative estimate of drug-likeness (QED) is 0.438. The normalized spacial score (nSPS) is 16.1. The molecule has 0 saturated heterocycles. The van der Waals surface area contributed by atoms with Crippen LogP contribution in [0.1, 0.15) is 27.2 Å². The smallest absolute Gasteiger partial charge is 0.305 e. The number of imide groups is 1. The van der Waals surface area contributed by atoms with E-state index in [9.17, 15) is 14.4 Å². The molecule has 1 rings (SSSR count). The predicted octanol–water partition coefficient (Wildman–Crippen LogP) is 1.64. The minimum Gasteiger partial charge on any atom is -0.496 e. The van der Waals surface area contributed by atoms with E-state index in [2.05, 4.69) is 0 Å². The molecule has 6 nitrogen and oxygen atoms in total. The second kappa shape index (κ2) is 7.42. The molecular formula is C15H19NO5. The van der Waals surface area contributed by atoms with Crippen LogP contribution in [0.15, 0.2) is 35.6 Å². The SMILES string of the molecule is C/C(=C\C=C/C1=CC(=O)N(CCC(=O)O)C1=O)OC(C)C. The van der Waals surface area contributed by atoms with Crippen LogP contribution in [0.25, 0.3) is 0 Å². The summed E-state index contributed by atoms with van der Waals surface area (Å²) in [5.74, 6) is -1.32. The molecule has 0 radical (unpaired) electrons. The van der Waals surface area contributed by atoms with E-state index in [1.165, 1.54) is 12.2 Å². The van der Waals surface area contributed by atoms with Gasteiger partial charge in [-0.1, -0.05) is 6.08 Å². The number of carboxylic acid groups (broad SMARTS) is 1. The number of ether oxygens (including phenoxy) is 1. The average molecular weight is 293 g/mol. The van der Waals surface area contributed by atoms with Crippen molar-refractivity contribution in [2.24, 2.45) is 0 Å². The average Bonchev–Trinajstić information content (AvgIpc) is 2.61. The zero-order valence-electron chi connectivity index (χ0n) is 12.3. The highest BCUT2D eigenvalue weighted by Crippen LogP contribution is 2.14. The van der Waals surface area contributed by atoms with Gasteiger partial charge in [0.15, 0.2) is 0 Å². The monoisotopic (exact) mass is 293 g/mol. The summed E-state index contributed by atoms with van der Waals surface area (Å²) in [6.07, 6.45) is 5.83. The van der Waals surface area contributed by atoms with Crippen LogP contribution in [0.5, 0.6) is 0 Å². The molecule has 6 heteroatoms. The summed E-state index contributed by atoms with van der Waals surface area (Å²) in [6, 6.07) is 0. The van der Waals surface area contributed by atoms with E-state index in [-0.39, 0.29) is 24.6 Å². The number of carbonyl (C=O) groups is 3. The fourth-order valence-corrected chi connectivity index (χ4v) is 1.77. The molecule has 0 atom stereocenters. The first kappa shape index (κ1) is 16.7. The number of carbonyl (C=O) groups excluding carboxylic acids is 2. The highest BCUT2D eigenvalue weighted by molar-refractivity contribution is 6.17. The van der Waals surface area contributed by atoms with Crippen molar-refractivity contribution >= 4 is 17.8 Å².